The molecule has 0 aliphatic carbocycles. The number of rotatable bonds is 7. The maximum absolute atomic E-state index is 12.7. The molecular weight excluding hydrogens is 394 g/mol. The molecule has 2 aromatic rings. The third-order valence-corrected chi connectivity index (χ3v) is 3.76. The topological polar surface area (TPSA) is 84.4 Å². The molecule has 8 nitrogen and oxygen atoms in total. The van der Waals surface area contributed by atoms with Crippen molar-refractivity contribution in [2.24, 2.45) is 0 Å². The van der Waals surface area contributed by atoms with E-state index in [-0.39, 0.29) is 11.8 Å². The largest absolute Gasteiger partial charge is 0.487 e. The first-order chi connectivity index (χ1) is 13.3. The first kappa shape index (κ1) is 20.3. The predicted molar refractivity (Wildman–Crippen MR) is 103 cm³/mol. The molecule has 0 saturated carbocycles. The van der Waals surface area contributed by atoms with Crippen molar-refractivity contribution in [1.82, 2.24) is 15.0 Å². The lowest BCUT2D eigenvalue weighted by atomic mass is 10.3. The Bertz CT molecular complexity index is 782. The zero-order valence-electron chi connectivity index (χ0n) is 15.5. The van der Waals surface area contributed by atoms with Crippen LogP contribution in [-0.2, 0) is 4.74 Å². The van der Waals surface area contributed by atoms with Crippen molar-refractivity contribution in [2.75, 3.05) is 41.8 Å². The van der Waals surface area contributed by atoms with Gasteiger partial charge in [-0.1, -0.05) is 0 Å². The van der Waals surface area contributed by atoms with Crippen LogP contribution < -0.4 is 20.3 Å². The first-order valence-electron chi connectivity index (χ1n) is 8.76. The lowest BCUT2D eigenvalue weighted by Gasteiger charge is -2.27. The second kappa shape index (κ2) is 8.70. The fourth-order valence-electron chi connectivity index (χ4n) is 2.52. The quantitative estimate of drug-likeness (QED) is 0.666. The molecule has 0 unspecified atom stereocenters. The summed E-state index contributed by atoms with van der Waals surface area (Å²) in [6, 6.07) is 6.00. The van der Waals surface area contributed by atoms with Crippen molar-refractivity contribution in [1.29, 1.82) is 0 Å². The van der Waals surface area contributed by atoms with Gasteiger partial charge in [0.2, 0.25) is 17.8 Å². The summed E-state index contributed by atoms with van der Waals surface area (Å²) in [5, 5.41) is 6.22. The molecule has 28 heavy (non-hydrogen) atoms. The number of nitrogens with one attached hydrogen (secondary N) is 2. The highest BCUT2D eigenvalue weighted by atomic mass is 35.5. The normalized spacial score (nSPS) is 14.9. The fourth-order valence-corrected chi connectivity index (χ4v) is 2.61. The van der Waals surface area contributed by atoms with Crippen LogP contribution in [0.2, 0.25) is 0 Å². The van der Waals surface area contributed by atoms with Crippen molar-refractivity contribution >= 4 is 35.1 Å². The molecule has 3 rings (SSSR count). The van der Waals surface area contributed by atoms with Gasteiger partial charge in [-0.15, -0.1) is 8.78 Å². The maximum Gasteiger partial charge on any atom is 0.487 e. The van der Waals surface area contributed by atoms with Gasteiger partial charge in [0.25, 0.3) is 0 Å². The van der Waals surface area contributed by atoms with E-state index in [9.17, 15) is 8.78 Å². The van der Waals surface area contributed by atoms with Gasteiger partial charge in [0.15, 0.2) is 0 Å². The number of hydrogen-bond acceptors (Lipinski definition) is 8. The van der Waals surface area contributed by atoms with Crippen molar-refractivity contribution in [3.8, 4) is 5.75 Å². The monoisotopic (exact) mass is 414 g/mol. The average molecular weight is 415 g/mol. The second-order valence-electron chi connectivity index (χ2n) is 6.38. The number of nitrogens with zero attached hydrogens (tertiary/aromatic N) is 4. The number of alkyl halides is 3. The van der Waals surface area contributed by atoms with E-state index in [2.05, 4.69) is 30.3 Å². The molecule has 1 aliphatic rings. The van der Waals surface area contributed by atoms with Gasteiger partial charge in [-0.3, -0.25) is 0 Å². The van der Waals surface area contributed by atoms with E-state index >= 15 is 0 Å². The Hall–Kier alpha value is -2.46. The highest BCUT2D eigenvalue weighted by Gasteiger charge is 2.27. The minimum Gasteiger partial charge on any atom is -0.420 e. The molecule has 0 spiro atoms. The summed E-state index contributed by atoms with van der Waals surface area (Å²) in [6.45, 7) is 6.54. The molecule has 0 radical (unpaired) electrons. The van der Waals surface area contributed by atoms with E-state index in [1.54, 1.807) is 12.1 Å². The maximum atomic E-state index is 12.7. The molecule has 2 N–H and O–H groups in total. The number of benzene rings is 1. The highest BCUT2D eigenvalue weighted by Crippen LogP contribution is 2.27. The van der Waals surface area contributed by atoms with Gasteiger partial charge in [0.1, 0.15) is 5.75 Å². The van der Waals surface area contributed by atoms with Crippen LogP contribution in [0.15, 0.2) is 24.3 Å². The molecule has 1 fully saturated rings. The summed E-state index contributed by atoms with van der Waals surface area (Å²) in [6.07, 6.45) is 0. The van der Waals surface area contributed by atoms with Crippen LogP contribution in [0, 0.1) is 0 Å². The van der Waals surface area contributed by atoms with Gasteiger partial charge >= 0.3 is 5.57 Å². The Morgan fingerprint density at radius 2 is 1.75 bits per heavy atom. The molecule has 0 atom stereocenters. The molecule has 0 bridgehead atoms. The van der Waals surface area contributed by atoms with E-state index in [1.807, 2.05) is 18.7 Å². The Balaban J connectivity index is 1.79. The Morgan fingerprint density at radius 1 is 1.11 bits per heavy atom. The van der Waals surface area contributed by atoms with Gasteiger partial charge in [-0.2, -0.15) is 15.0 Å². The summed E-state index contributed by atoms with van der Waals surface area (Å²) in [5.41, 5.74) is -3.16. The van der Waals surface area contributed by atoms with Crippen molar-refractivity contribution < 1.29 is 18.3 Å². The fraction of sp³-hybridized carbons (Fsp3) is 0.471. The van der Waals surface area contributed by atoms with Crippen molar-refractivity contribution in [3.05, 3.63) is 24.3 Å². The smallest absolute Gasteiger partial charge is 0.420 e. The van der Waals surface area contributed by atoms with Gasteiger partial charge in [-0.05, 0) is 38.1 Å². The van der Waals surface area contributed by atoms with Gasteiger partial charge in [0, 0.05) is 36.4 Å². The zero-order valence-corrected chi connectivity index (χ0v) is 16.2. The Labute approximate surface area is 166 Å². The average Bonchev–Trinajstić information content (AvgIpc) is 2.62. The molecular formula is C17H21ClF2N6O2. The number of ether oxygens (including phenoxy) is 2. The van der Waals surface area contributed by atoms with Crippen LogP contribution in [-0.4, -0.2) is 52.9 Å². The lowest BCUT2D eigenvalue weighted by molar-refractivity contribution is -0.0964. The van der Waals surface area contributed by atoms with Crippen LogP contribution in [0.1, 0.15) is 13.8 Å². The van der Waals surface area contributed by atoms with E-state index in [0.717, 1.165) is 0 Å². The number of morpholine rings is 1. The van der Waals surface area contributed by atoms with Crippen LogP contribution >= 0.6 is 11.6 Å². The van der Waals surface area contributed by atoms with E-state index in [1.165, 1.54) is 12.1 Å². The summed E-state index contributed by atoms with van der Waals surface area (Å²) in [5.74, 6) is 1.25. The third-order valence-electron chi connectivity index (χ3n) is 3.68. The minimum atomic E-state index is -3.76. The second-order valence-corrected chi connectivity index (χ2v) is 6.82. The minimum absolute atomic E-state index is 0.0580. The summed E-state index contributed by atoms with van der Waals surface area (Å²) >= 11 is 4.77. The number of anilines is 4. The Kier molecular flexibility index (Phi) is 6.30. The van der Waals surface area contributed by atoms with Crippen LogP contribution in [0.25, 0.3) is 0 Å². The van der Waals surface area contributed by atoms with Gasteiger partial charge in [0.05, 0.1) is 13.2 Å². The number of aromatic nitrogens is 3. The lowest BCUT2D eigenvalue weighted by Crippen LogP contribution is -2.37. The van der Waals surface area contributed by atoms with Gasteiger partial charge < -0.3 is 25.0 Å². The van der Waals surface area contributed by atoms with Crippen LogP contribution in [0.3, 0.4) is 0 Å². The van der Waals surface area contributed by atoms with Crippen LogP contribution in [0.5, 0.6) is 5.75 Å². The van der Waals surface area contributed by atoms with Crippen LogP contribution in [0.4, 0.5) is 32.3 Å². The van der Waals surface area contributed by atoms with E-state index < -0.39 is 5.57 Å². The summed E-state index contributed by atoms with van der Waals surface area (Å²) in [4.78, 5) is 15.3. The molecule has 1 aliphatic heterocycles. The first-order valence-corrected chi connectivity index (χ1v) is 9.14. The summed E-state index contributed by atoms with van der Waals surface area (Å²) in [7, 11) is 0. The molecule has 1 saturated heterocycles. The number of hydrogen-bond donors (Lipinski definition) is 2. The zero-order chi connectivity index (χ0) is 20.1. The highest BCUT2D eigenvalue weighted by molar-refractivity contribution is 6.20. The molecule has 2 heterocycles. The Morgan fingerprint density at radius 3 is 2.36 bits per heavy atom. The predicted octanol–water partition coefficient (Wildman–Crippen LogP) is 3.44. The standard InChI is InChI=1S/C17H21ClF2N6O2/c1-11(2)21-14-23-15(25-16(24-14)26-7-9-27-10-8-26)22-12-3-5-13(6-4-12)28-17(18,19)20/h3-6,11H,7-10H2,1-2H3,(H2,21,22,23,24,25). The molecule has 1 aromatic heterocycles. The third kappa shape index (κ3) is 6.03. The number of halogens is 3. The van der Waals surface area contributed by atoms with Gasteiger partial charge in [-0.25, -0.2) is 0 Å². The van der Waals surface area contributed by atoms with E-state index in [4.69, 9.17) is 16.3 Å². The molecule has 1 aromatic carbocycles. The SMILES string of the molecule is CC(C)Nc1nc(Nc2ccc(OC(F)(F)Cl)cc2)nc(N2CCOCC2)n1. The summed E-state index contributed by atoms with van der Waals surface area (Å²) < 4.78 is 35.1. The van der Waals surface area contributed by atoms with E-state index in [0.29, 0.717) is 49.8 Å². The molecule has 0 amide bonds. The van der Waals surface area contributed by atoms with Crippen molar-refractivity contribution in [2.45, 2.75) is 25.5 Å². The van der Waals surface area contributed by atoms with Crippen molar-refractivity contribution in [3.63, 3.8) is 0 Å². The molecule has 152 valence electrons. The molecule has 11 heteroatoms.